The Hall–Kier alpha value is -1.95. The number of aromatic nitrogens is 1. The maximum absolute atomic E-state index is 13.3. The average Bonchev–Trinajstić information content (AvgIpc) is 2.37. The number of aryl methyl sites for hydroxylation is 1. The second kappa shape index (κ2) is 5.36. The van der Waals surface area contributed by atoms with Gasteiger partial charge in [0.1, 0.15) is 11.6 Å². The van der Waals surface area contributed by atoms with E-state index in [1.807, 2.05) is 6.92 Å². The number of halogens is 2. The van der Waals surface area contributed by atoms with Crippen LogP contribution in [0.2, 0.25) is 0 Å². The molecule has 4 nitrogen and oxygen atoms in total. The molecule has 0 radical (unpaired) electrons. The quantitative estimate of drug-likeness (QED) is 0.892. The third kappa shape index (κ3) is 3.08. The van der Waals surface area contributed by atoms with Crippen molar-refractivity contribution in [1.82, 2.24) is 4.98 Å². The summed E-state index contributed by atoms with van der Waals surface area (Å²) in [7, 11) is 0. The number of nitrogen functional groups attached to an aromatic ring is 1. The molecule has 1 amide bonds. The Kier molecular flexibility index (Phi) is 3.80. The van der Waals surface area contributed by atoms with Gasteiger partial charge in [0, 0.05) is 5.56 Å². The van der Waals surface area contributed by atoms with Crippen molar-refractivity contribution in [2.45, 2.75) is 6.92 Å². The minimum atomic E-state index is -0.492. The molecule has 98 valence electrons. The zero-order valence-electron chi connectivity index (χ0n) is 10.1. The standard InChI is InChI=1S/C13H11BrFN3O/c1-7-4-12(17-6-11(7)16)18-13(19)8-2-3-9(14)10(15)5-8/h2-6H,16H2,1H3,(H,17,18,19). The summed E-state index contributed by atoms with van der Waals surface area (Å²) in [6.45, 7) is 1.81. The number of nitrogens with one attached hydrogen (secondary N) is 1. The Morgan fingerprint density at radius 3 is 2.79 bits per heavy atom. The van der Waals surface area contributed by atoms with E-state index in [0.29, 0.717) is 16.0 Å². The van der Waals surface area contributed by atoms with Crippen LogP contribution in [0.4, 0.5) is 15.9 Å². The molecule has 0 spiro atoms. The smallest absolute Gasteiger partial charge is 0.256 e. The molecular weight excluding hydrogens is 313 g/mol. The lowest BCUT2D eigenvalue weighted by Gasteiger charge is -2.07. The predicted octanol–water partition coefficient (Wildman–Crippen LogP) is 3.13. The lowest BCUT2D eigenvalue weighted by molar-refractivity contribution is 0.102. The Balaban J connectivity index is 2.20. The highest BCUT2D eigenvalue weighted by Crippen LogP contribution is 2.18. The molecule has 1 heterocycles. The van der Waals surface area contributed by atoms with Crippen LogP contribution in [0.25, 0.3) is 0 Å². The molecule has 0 aliphatic heterocycles. The van der Waals surface area contributed by atoms with Crippen molar-refractivity contribution in [3.05, 3.63) is 51.9 Å². The summed E-state index contributed by atoms with van der Waals surface area (Å²) in [6.07, 6.45) is 1.47. The molecule has 0 unspecified atom stereocenters. The summed E-state index contributed by atoms with van der Waals surface area (Å²) in [4.78, 5) is 15.9. The molecule has 0 aliphatic carbocycles. The molecule has 6 heteroatoms. The average molecular weight is 324 g/mol. The van der Waals surface area contributed by atoms with Crippen molar-refractivity contribution in [3.8, 4) is 0 Å². The molecule has 0 saturated carbocycles. The van der Waals surface area contributed by atoms with Crippen LogP contribution in [-0.2, 0) is 0 Å². The number of nitrogens with two attached hydrogens (primary N) is 1. The first kappa shape index (κ1) is 13.5. The molecule has 2 rings (SSSR count). The van der Waals surface area contributed by atoms with Crippen molar-refractivity contribution in [2.75, 3.05) is 11.1 Å². The monoisotopic (exact) mass is 323 g/mol. The van der Waals surface area contributed by atoms with Gasteiger partial charge in [0.05, 0.1) is 16.4 Å². The van der Waals surface area contributed by atoms with Gasteiger partial charge in [0.2, 0.25) is 0 Å². The van der Waals surface area contributed by atoms with E-state index >= 15 is 0 Å². The number of hydrogen-bond donors (Lipinski definition) is 2. The molecule has 0 bridgehead atoms. The van der Waals surface area contributed by atoms with Gasteiger partial charge in [-0.3, -0.25) is 4.79 Å². The number of amides is 1. The summed E-state index contributed by atoms with van der Waals surface area (Å²) in [5, 5.41) is 2.59. The molecular formula is C13H11BrFN3O. The van der Waals surface area contributed by atoms with Crippen LogP contribution in [-0.4, -0.2) is 10.9 Å². The fourth-order valence-electron chi connectivity index (χ4n) is 1.46. The van der Waals surface area contributed by atoms with Crippen molar-refractivity contribution in [1.29, 1.82) is 0 Å². The molecule has 1 aromatic heterocycles. The Labute approximate surface area is 118 Å². The molecule has 2 aromatic rings. The first-order chi connectivity index (χ1) is 8.97. The maximum Gasteiger partial charge on any atom is 0.256 e. The number of carbonyl (C=O) groups excluding carboxylic acids is 1. The summed E-state index contributed by atoms with van der Waals surface area (Å²) in [6, 6.07) is 5.81. The van der Waals surface area contributed by atoms with Crippen molar-refractivity contribution in [2.24, 2.45) is 0 Å². The number of anilines is 2. The van der Waals surface area contributed by atoms with Crippen LogP contribution in [0.15, 0.2) is 34.9 Å². The fourth-order valence-corrected chi connectivity index (χ4v) is 1.71. The van der Waals surface area contributed by atoms with Gasteiger partial charge < -0.3 is 11.1 Å². The van der Waals surface area contributed by atoms with Gasteiger partial charge in [-0.15, -0.1) is 0 Å². The van der Waals surface area contributed by atoms with E-state index in [-0.39, 0.29) is 5.56 Å². The molecule has 19 heavy (non-hydrogen) atoms. The lowest BCUT2D eigenvalue weighted by Crippen LogP contribution is -2.13. The molecule has 0 saturated heterocycles. The van der Waals surface area contributed by atoms with Gasteiger partial charge in [-0.25, -0.2) is 9.37 Å². The Morgan fingerprint density at radius 1 is 1.42 bits per heavy atom. The summed E-state index contributed by atoms with van der Waals surface area (Å²) in [5.74, 6) is -0.544. The maximum atomic E-state index is 13.3. The van der Waals surface area contributed by atoms with E-state index in [9.17, 15) is 9.18 Å². The van der Waals surface area contributed by atoms with Crippen LogP contribution in [0.3, 0.4) is 0 Å². The van der Waals surface area contributed by atoms with E-state index in [2.05, 4.69) is 26.2 Å². The van der Waals surface area contributed by atoms with Gasteiger partial charge in [0.15, 0.2) is 0 Å². The number of hydrogen-bond acceptors (Lipinski definition) is 3. The molecule has 1 aromatic carbocycles. The van der Waals surface area contributed by atoms with E-state index < -0.39 is 11.7 Å². The zero-order chi connectivity index (χ0) is 14.0. The van der Waals surface area contributed by atoms with E-state index in [4.69, 9.17) is 5.73 Å². The minimum absolute atomic E-state index is 0.219. The topological polar surface area (TPSA) is 68.0 Å². The normalized spacial score (nSPS) is 10.3. The third-order valence-electron chi connectivity index (χ3n) is 2.57. The highest BCUT2D eigenvalue weighted by molar-refractivity contribution is 9.10. The van der Waals surface area contributed by atoms with Gasteiger partial charge >= 0.3 is 0 Å². The van der Waals surface area contributed by atoms with Crippen LogP contribution in [0.5, 0.6) is 0 Å². The Bertz CT molecular complexity index is 646. The van der Waals surface area contributed by atoms with Crippen molar-refractivity contribution < 1.29 is 9.18 Å². The Morgan fingerprint density at radius 2 is 2.16 bits per heavy atom. The molecule has 0 aliphatic rings. The summed E-state index contributed by atoms with van der Waals surface area (Å²) >= 11 is 3.03. The number of rotatable bonds is 2. The van der Waals surface area contributed by atoms with Gasteiger partial charge in [0.25, 0.3) is 5.91 Å². The van der Waals surface area contributed by atoms with Crippen LogP contribution < -0.4 is 11.1 Å². The third-order valence-corrected chi connectivity index (χ3v) is 3.22. The molecule has 0 atom stereocenters. The van der Waals surface area contributed by atoms with Crippen LogP contribution in [0, 0.1) is 12.7 Å². The highest BCUT2D eigenvalue weighted by Gasteiger charge is 2.10. The van der Waals surface area contributed by atoms with E-state index in [0.717, 1.165) is 11.6 Å². The van der Waals surface area contributed by atoms with Gasteiger partial charge in [-0.05, 0) is 52.7 Å². The second-order valence-corrected chi connectivity index (χ2v) is 4.86. The highest BCUT2D eigenvalue weighted by atomic mass is 79.9. The number of nitrogens with zero attached hydrogens (tertiary/aromatic N) is 1. The number of benzene rings is 1. The fraction of sp³-hybridized carbons (Fsp3) is 0.0769. The number of carbonyl (C=O) groups is 1. The minimum Gasteiger partial charge on any atom is -0.397 e. The second-order valence-electron chi connectivity index (χ2n) is 4.01. The van der Waals surface area contributed by atoms with Crippen LogP contribution in [0.1, 0.15) is 15.9 Å². The first-order valence-corrected chi connectivity index (χ1v) is 6.25. The molecule has 3 N–H and O–H groups in total. The zero-order valence-corrected chi connectivity index (χ0v) is 11.7. The summed E-state index contributed by atoms with van der Waals surface area (Å²) in [5.41, 5.74) is 7.22. The van der Waals surface area contributed by atoms with Gasteiger partial charge in [-0.1, -0.05) is 0 Å². The van der Waals surface area contributed by atoms with Crippen LogP contribution >= 0.6 is 15.9 Å². The number of pyridine rings is 1. The molecule has 0 fully saturated rings. The lowest BCUT2D eigenvalue weighted by atomic mass is 10.2. The summed E-state index contributed by atoms with van der Waals surface area (Å²) < 4.78 is 13.6. The van der Waals surface area contributed by atoms with Gasteiger partial charge in [-0.2, -0.15) is 0 Å². The predicted molar refractivity (Wildman–Crippen MR) is 75.4 cm³/mol. The van der Waals surface area contributed by atoms with Crippen molar-refractivity contribution >= 4 is 33.3 Å². The first-order valence-electron chi connectivity index (χ1n) is 5.46. The van der Waals surface area contributed by atoms with Crippen molar-refractivity contribution in [3.63, 3.8) is 0 Å². The van der Waals surface area contributed by atoms with E-state index in [1.54, 1.807) is 6.07 Å². The van der Waals surface area contributed by atoms with E-state index in [1.165, 1.54) is 18.3 Å². The largest absolute Gasteiger partial charge is 0.397 e. The SMILES string of the molecule is Cc1cc(NC(=O)c2ccc(Br)c(F)c2)ncc1N.